The van der Waals surface area contributed by atoms with E-state index in [0.29, 0.717) is 5.57 Å². The number of ether oxygens (including phenoxy) is 1. The van der Waals surface area contributed by atoms with Gasteiger partial charge in [-0.15, -0.1) is 0 Å². The molecule has 1 N–H and O–H groups in total. The van der Waals surface area contributed by atoms with E-state index in [1.165, 1.54) is 13.5 Å². The smallest absolute Gasteiger partial charge is 0.338 e. The van der Waals surface area contributed by atoms with Crippen molar-refractivity contribution in [3.05, 3.63) is 34.7 Å². The Kier molecular flexibility index (Phi) is 6.28. The Labute approximate surface area is 139 Å². The number of hydrogen-bond donors (Lipinski definition) is 1. The summed E-state index contributed by atoms with van der Waals surface area (Å²) in [7, 11) is 3.61. The summed E-state index contributed by atoms with van der Waals surface area (Å²) >= 11 is 0. The Balaban J connectivity index is 2.23. The van der Waals surface area contributed by atoms with Crippen LogP contribution in [0.3, 0.4) is 0 Å². The van der Waals surface area contributed by atoms with E-state index >= 15 is 0 Å². The van der Waals surface area contributed by atoms with Crippen LogP contribution in [0.4, 0.5) is 0 Å². The quantitative estimate of drug-likeness (QED) is 0.802. The second kappa shape index (κ2) is 8.20. The number of carbonyl (C=O) groups excluding carboxylic acids is 1. The first-order chi connectivity index (χ1) is 11.0. The molecule has 0 aromatic carbocycles. The second-order valence-corrected chi connectivity index (χ2v) is 6.26. The fourth-order valence-corrected chi connectivity index (χ4v) is 3.09. The molecule has 0 spiro atoms. The minimum absolute atomic E-state index is 0.265. The molecule has 0 unspecified atom stereocenters. The minimum Gasteiger partial charge on any atom is -0.465 e. The molecule has 0 amide bonds. The highest BCUT2D eigenvalue weighted by atomic mass is 16.5. The number of esters is 1. The van der Waals surface area contributed by atoms with Crippen molar-refractivity contribution in [3.63, 3.8) is 0 Å². The van der Waals surface area contributed by atoms with Gasteiger partial charge in [0, 0.05) is 44.5 Å². The van der Waals surface area contributed by atoms with Gasteiger partial charge < -0.3 is 19.9 Å². The van der Waals surface area contributed by atoms with E-state index in [1.807, 2.05) is 13.0 Å². The van der Waals surface area contributed by atoms with Crippen LogP contribution in [0.2, 0.25) is 0 Å². The minimum atomic E-state index is -0.265. The van der Waals surface area contributed by atoms with Crippen molar-refractivity contribution < 1.29 is 9.53 Å². The summed E-state index contributed by atoms with van der Waals surface area (Å²) in [6.07, 6.45) is 6.21. The van der Waals surface area contributed by atoms with Gasteiger partial charge in [-0.3, -0.25) is 0 Å². The number of methoxy groups -OCH3 is 1. The van der Waals surface area contributed by atoms with Gasteiger partial charge in [-0.05, 0) is 51.1 Å². The Hall–Kier alpha value is -1.75. The molecule has 1 aliphatic heterocycles. The third-order valence-corrected chi connectivity index (χ3v) is 4.47. The summed E-state index contributed by atoms with van der Waals surface area (Å²) in [4.78, 5) is 16.8. The van der Waals surface area contributed by atoms with Crippen molar-refractivity contribution in [2.24, 2.45) is 0 Å². The van der Waals surface area contributed by atoms with Gasteiger partial charge in [0.25, 0.3) is 0 Å². The molecule has 5 heteroatoms. The lowest BCUT2D eigenvalue weighted by Crippen LogP contribution is -2.26. The Morgan fingerprint density at radius 3 is 2.83 bits per heavy atom. The molecule has 0 bridgehead atoms. The molecular weight excluding hydrogens is 290 g/mol. The maximum Gasteiger partial charge on any atom is 0.338 e. The number of hydrogen-bond acceptors (Lipinski definition) is 5. The fraction of sp³-hybridized carbons (Fsp3) is 0.611. The van der Waals surface area contributed by atoms with Gasteiger partial charge in [0.1, 0.15) is 0 Å². The van der Waals surface area contributed by atoms with Crippen LogP contribution in [0.15, 0.2) is 34.7 Å². The molecule has 1 aliphatic carbocycles. The zero-order chi connectivity index (χ0) is 16.8. The maximum absolute atomic E-state index is 12.1. The van der Waals surface area contributed by atoms with Crippen LogP contribution in [0.1, 0.15) is 26.7 Å². The Morgan fingerprint density at radius 1 is 1.35 bits per heavy atom. The zero-order valence-electron chi connectivity index (χ0n) is 14.8. The van der Waals surface area contributed by atoms with Crippen LogP contribution in [0.5, 0.6) is 0 Å². The van der Waals surface area contributed by atoms with Gasteiger partial charge in [0.05, 0.1) is 12.7 Å². The number of allylic oxidation sites excluding steroid dienone is 2. The summed E-state index contributed by atoms with van der Waals surface area (Å²) in [5.41, 5.74) is 3.93. The first-order valence-corrected chi connectivity index (χ1v) is 8.42. The van der Waals surface area contributed by atoms with Crippen LogP contribution < -0.4 is 5.32 Å². The highest BCUT2D eigenvalue weighted by molar-refractivity contribution is 5.94. The summed E-state index contributed by atoms with van der Waals surface area (Å²) in [6, 6.07) is 0. The Bertz CT molecular complexity index is 534. The monoisotopic (exact) mass is 319 g/mol. The summed E-state index contributed by atoms with van der Waals surface area (Å²) in [6.45, 7) is 9.22. The van der Waals surface area contributed by atoms with Crippen molar-refractivity contribution in [2.45, 2.75) is 26.7 Å². The van der Waals surface area contributed by atoms with Crippen molar-refractivity contribution in [1.29, 1.82) is 0 Å². The normalized spacial score (nSPS) is 22.0. The lowest BCUT2D eigenvalue weighted by Gasteiger charge is -2.24. The molecule has 0 saturated carbocycles. The van der Waals surface area contributed by atoms with Crippen molar-refractivity contribution >= 4 is 5.97 Å². The number of nitrogens with one attached hydrogen (secondary N) is 1. The second-order valence-electron chi connectivity index (χ2n) is 6.26. The molecule has 128 valence electrons. The topological polar surface area (TPSA) is 44.8 Å². The maximum atomic E-state index is 12.1. The van der Waals surface area contributed by atoms with Crippen molar-refractivity contribution in [2.75, 3.05) is 46.9 Å². The molecule has 0 radical (unpaired) electrons. The lowest BCUT2D eigenvalue weighted by molar-refractivity contribution is -0.135. The number of rotatable bonds is 4. The van der Waals surface area contributed by atoms with Gasteiger partial charge in [-0.1, -0.05) is 0 Å². The van der Waals surface area contributed by atoms with Crippen molar-refractivity contribution in [3.8, 4) is 0 Å². The van der Waals surface area contributed by atoms with E-state index in [9.17, 15) is 4.79 Å². The van der Waals surface area contributed by atoms with Crippen molar-refractivity contribution in [1.82, 2.24) is 15.1 Å². The van der Waals surface area contributed by atoms with Gasteiger partial charge in [0.2, 0.25) is 0 Å². The summed E-state index contributed by atoms with van der Waals surface area (Å²) < 4.78 is 4.94. The molecule has 2 aliphatic rings. The number of carbonyl (C=O) groups is 1. The molecule has 2 rings (SSSR count). The van der Waals surface area contributed by atoms with Crippen LogP contribution in [0, 0.1) is 0 Å². The molecule has 0 aromatic rings. The number of likely N-dealkylation sites (N-methyl/N-ethyl adjacent to an activating group) is 1. The average molecular weight is 319 g/mol. The highest BCUT2D eigenvalue weighted by Gasteiger charge is 2.21. The van der Waals surface area contributed by atoms with E-state index in [0.717, 1.165) is 56.0 Å². The molecule has 1 saturated heterocycles. The van der Waals surface area contributed by atoms with Gasteiger partial charge >= 0.3 is 5.97 Å². The third-order valence-electron chi connectivity index (χ3n) is 4.47. The van der Waals surface area contributed by atoms with Gasteiger partial charge in [-0.2, -0.15) is 0 Å². The standard InChI is InChI=1S/C18H29N3O2/c1-5-19-17-12-15(11-16(14(17)2)18(22)23-4)13-21-8-6-7-20(3)9-10-21/h11,13,19H,5-10,12H2,1-4H3. The molecule has 1 fully saturated rings. The largest absolute Gasteiger partial charge is 0.465 e. The van der Waals surface area contributed by atoms with Crippen LogP contribution >= 0.6 is 0 Å². The SMILES string of the molecule is CCNC1=C(C)C(C(=O)OC)=CC(=CN2CCCN(C)CC2)C1. The van der Waals surface area contributed by atoms with E-state index in [-0.39, 0.29) is 5.97 Å². The molecule has 23 heavy (non-hydrogen) atoms. The third kappa shape index (κ3) is 4.61. The molecular formula is C18H29N3O2. The van der Waals surface area contributed by atoms with Crippen LogP contribution in [0.25, 0.3) is 0 Å². The Morgan fingerprint density at radius 2 is 2.13 bits per heavy atom. The van der Waals surface area contributed by atoms with E-state index in [1.54, 1.807) is 0 Å². The molecule has 1 heterocycles. The number of nitrogens with zero attached hydrogens (tertiary/aromatic N) is 2. The van der Waals surface area contributed by atoms with E-state index in [4.69, 9.17) is 4.74 Å². The highest BCUT2D eigenvalue weighted by Crippen LogP contribution is 2.28. The average Bonchev–Trinajstić information content (AvgIpc) is 2.74. The zero-order valence-corrected chi connectivity index (χ0v) is 14.8. The van der Waals surface area contributed by atoms with Crippen LogP contribution in [-0.4, -0.2) is 62.7 Å². The molecule has 5 nitrogen and oxygen atoms in total. The summed E-state index contributed by atoms with van der Waals surface area (Å²) in [5, 5.41) is 3.39. The first-order valence-electron chi connectivity index (χ1n) is 8.42. The predicted octanol–water partition coefficient (Wildman–Crippen LogP) is 1.89. The lowest BCUT2D eigenvalue weighted by atomic mass is 9.92. The van der Waals surface area contributed by atoms with E-state index in [2.05, 4.69) is 35.3 Å². The van der Waals surface area contributed by atoms with E-state index < -0.39 is 0 Å². The molecule has 0 atom stereocenters. The predicted molar refractivity (Wildman–Crippen MR) is 92.9 cm³/mol. The first kappa shape index (κ1) is 17.6. The molecule has 0 aromatic heterocycles. The van der Waals surface area contributed by atoms with Crippen LogP contribution in [-0.2, 0) is 9.53 Å². The summed E-state index contributed by atoms with van der Waals surface area (Å²) in [5.74, 6) is -0.265. The van der Waals surface area contributed by atoms with Gasteiger partial charge in [-0.25, -0.2) is 4.79 Å². The fourth-order valence-electron chi connectivity index (χ4n) is 3.09. The van der Waals surface area contributed by atoms with Gasteiger partial charge in [0.15, 0.2) is 0 Å².